The van der Waals surface area contributed by atoms with Crippen LogP contribution in [0.4, 0.5) is 0 Å². The third kappa shape index (κ3) is 7.31. The van der Waals surface area contributed by atoms with Crippen LogP contribution in [0, 0.1) is 11.8 Å². The summed E-state index contributed by atoms with van der Waals surface area (Å²) < 4.78 is 12.6. The second-order valence-corrected chi connectivity index (χ2v) is 14.2. The summed E-state index contributed by atoms with van der Waals surface area (Å²) in [5.41, 5.74) is 1.14. The second-order valence-electron chi connectivity index (χ2n) is 9.41. The molecule has 0 radical (unpaired) electrons. The summed E-state index contributed by atoms with van der Waals surface area (Å²) >= 11 is 0. The molecule has 27 heavy (non-hydrogen) atoms. The van der Waals surface area contributed by atoms with Crippen LogP contribution in [-0.2, 0) is 15.8 Å². The molecule has 0 unspecified atom stereocenters. The maximum absolute atomic E-state index is 10.5. The number of ether oxygens (including phenoxy) is 1. The predicted molar refractivity (Wildman–Crippen MR) is 114 cm³/mol. The van der Waals surface area contributed by atoms with E-state index in [0.717, 1.165) is 5.56 Å². The molecule has 0 saturated heterocycles. The quantitative estimate of drug-likeness (QED) is 0.567. The van der Waals surface area contributed by atoms with Gasteiger partial charge >= 0.3 is 0 Å². The van der Waals surface area contributed by atoms with Crippen LogP contribution in [0.1, 0.15) is 47.1 Å². The molecule has 1 aromatic rings. The molecule has 0 fully saturated rings. The van der Waals surface area contributed by atoms with Crippen LogP contribution in [0.15, 0.2) is 30.3 Å². The van der Waals surface area contributed by atoms with Gasteiger partial charge in [-0.1, -0.05) is 65.0 Å². The molecule has 4 nitrogen and oxygen atoms in total. The Morgan fingerprint density at radius 3 is 2.04 bits per heavy atom. The Bertz CT molecular complexity index is 539. The van der Waals surface area contributed by atoms with Gasteiger partial charge in [0, 0.05) is 11.8 Å². The third-order valence-electron chi connectivity index (χ3n) is 5.84. The van der Waals surface area contributed by atoms with Gasteiger partial charge in [-0.15, -0.1) is 0 Å². The van der Waals surface area contributed by atoms with E-state index in [1.807, 2.05) is 37.3 Å². The van der Waals surface area contributed by atoms with Gasteiger partial charge in [-0.2, -0.15) is 0 Å². The molecule has 2 N–H and O–H groups in total. The first-order valence-electron chi connectivity index (χ1n) is 10.0. The maximum Gasteiger partial charge on any atom is 0.192 e. The van der Waals surface area contributed by atoms with Crippen molar-refractivity contribution in [2.75, 3.05) is 6.61 Å². The number of aliphatic hydroxyl groups excluding tert-OH is 2. The van der Waals surface area contributed by atoms with Crippen molar-refractivity contribution in [2.45, 2.75) is 84.6 Å². The van der Waals surface area contributed by atoms with E-state index in [1.54, 1.807) is 6.92 Å². The predicted octanol–water partition coefficient (Wildman–Crippen LogP) is 4.61. The molecule has 1 rings (SSSR count). The highest BCUT2D eigenvalue weighted by atomic mass is 28.4. The summed E-state index contributed by atoms with van der Waals surface area (Å²) in [6.07, 6.45) is -1.79. The van der Waals surface area contributed by atoms with E-state index in [0.29, 0.717) is 13.2 Å². The average molecular weight is 397 g/mol. The van der Waals surface area contributed by atoms with Crippen LogP contribution < -0.4 is 0 Å². The Kier molecular flexibility index (Phi) is 9.16. The molecular weight excluding hydrogens is 356 g/mol. The lowest BCUT2D eigenvalue weighted by Crippen LogP contribution is -2.51. The van der Waals surface area contributed by atoms with Gasteiger partial charge in [0.1, 0.15) is 0 Å². The SMILES string of the molecule is C[C@@H]([C@@H](O)[C@H](C)O)[C@H](O[Si](C)(C)C(C)(C)C)[C@H](C)COCc1ccccc1. The second kappa shape index (κ2) is 10.2. The Balaban J connectivity index is 2.85. The fraction of sp³-hybridized carbons (Fsp3) is 0.727. The van der Waals surface area contributed by atoms with Crippen LogP contribution >= 0.6 is 0 Å². The van der Waals surface area contributed by atoms with Gasteiger partial charge < -0.3 is 19.4 Å². The highest BCUT2D eigenvalue weighted by Gasteiger charge is 2.43. The van der Waals surface area contributed by atoms with E-state index in [4.69, 9.17) is 9.16 Å². The van der Waals surface area contributed by atoms with Gasteiger partial charge in [0.05, 0.1) is 31.5 Å². The zero-order valence-electron chi connectivity index (χ0n) is 18.4. The molecule has 0 aliphatic heterocycles. The third-order valence-corrected chi connectivity index (χ3v) is 10.3. The monoisotopic (exact) mass is 396 g/mol. The lowest BCUT2D eigenvalue weighted by Gasteiger charge is -2.44. The molecule has 0 spiro atoms. The Morgan fingerprint density at radius 1 is 1.00 bits per heavy atom. The first-order chi connectivity index (χ1) is 12.4. The minimum atomic E-state index is -2.03. The van der Waals surface area contributed by atoms with Gasteiger partial charge in [-0.3, -0.25) is 0 Å². The van der Waals surface area contributed by atoms with Crippen LogP contribution in [0.5, 0.6) is 0 Å². The molecule has 0 aromatic heterocycles. The molecule has 0 saturated carbocycles. The van der Waals surface area contributed by atoms with E-state index in [2.05, 4.69) is 40.8 Å². The zero-order valence-corrected chi connectivity index (χ0v) is 19.4. The smallest absolute Gasteiger partial charge is 0.192 e. The summed E-state index contributed by atoms with van der Waals surface area (Å²) in [5, 5.41) is 20.4. The van der Waals surface area contributed by atoms with E-state index in [-0.39, 0.29) is 23.0 Å². The number of hydrogen-bond donors (Lipinski definition) is 2. The van der Waals surface area contributed by atoms with Gasteiger partial charge in [0.25, 0.3) is 0 Å². The van der Waals surface area contributed by atoms with Crippen molar-refractivity contribution in [1.29, 1.82) is 0 Å². The van der Waals surface area contributed by atoms with Crippen molar-refractivity contribution in [3.8, 4) is 0 Å². The highest BCUT2D eigenvalue weighted by molar-refractivity contribution is 6.74. The van der Waals surface area contributed by atoms with E-state index < -0.39 is 20.5 Å². The molecule has 5 atom stereocenters. The van der Waals surface area contributed by atoms with E-state index in [1.165, 1.54) is 0 Å². The summed E-state index contributed by atoms with van der Waals surface area (Å²) in [6.45, 7) is 17.9. The van der Waals surface area contributed by atoms with Crippen molar-refractivity contribution >= 4 is 8.32 Å². The summed E-state index contributed by atoms with van der Waals surface area (Å²) in [6, 6.07) is 10.1. The van der Waals surface area contributed by atoms with Crippen LogP contribution in [-0.4, -0.2) is 43.4 Å². The van der Waals surface area contributed by atoms with Gasteiger partial charge in [-0.05, 0) is 30.6 Å². The van der Waals surface area contributed by atoms with Gasteiger partial charge in [-0.25, -0.2) is 0 Å². The lowest BCUT2D eigenvalue weighted by molar-refractivity contribution is -0.0657. The lowest BCUT2D eigenvalue weighted by atomic mass is 9.88. The molecule has 156 valence electrons. The molecule has 0 amide bonds. The van der Waals surface area contributed by atoms with Gasteiger partial charge in [0.2, 0.25) is 0 Å². The molecule has 0 heterocycles. The molecule has 0 aliphatic carbocycles. The van der Waals surface area contributed by atoms with Crippen LogP contribution in [0.25, 0.3) is 0 Å². The van der Waals surface area contributed by atoms with Crippen LogP contribution in [0.2, 0.25) is 18.1 Å². The van der Waals surface area contributed by atoms with Crippen LogP contribution in [0.3, 0.4) is 0 Å². The van der Waals surface area contributed by atoms with Crippen molar-refractivity contribution in [1.82, 2.24) is 0 Å². The minimum absolute atomic E-state index is 0.0748. The summed E-state index contributed by atoms with van der Waals surface area (Å²) in [7, 11) is -2.03. The first kappa shape index (κ1) is 24.3. The topological polar surface area (TPSA) is 58.9 Å². The van der Waals surface area contributed by atoms with Crippen molar-refractivity contribution in [3.05, 3.63) is 35.9 Å². The van der Waals surface area contributed by atoms with Gasteiger partial charge in [0.15, 0.2) is 8.32 Å². The summed E-state index contributed by atoms with van der Waals surface area (Å²) in [5.74, 6) is -0.0827. The first-order valence-corrected chi connectivity index (χ1v) is 12.9. The molecule has 0 bridgehead atoms. The number of rotatable bonds is 10. The Morgan fingerprint density at radius 2 is 1.56 bits per heavy atom. The Hall–Kier alpha value is -0.723. The van der Waals surface area contributed by atoms with E-state index >= 15 is 0 Å². The molecule has 5 heteroatoms. The van der Waals surface area contributed by atoms with E-state index in [9.17, 15) is 10.2 Å². The normalized spacial score (nSPS) is 18.6. The standard InChI is InChI=1S/C22H40O4Si/c1-16(14-25-15-19-12-10-9-11-13-19)21(17(2)20(24)18(3)23)26-27(7,8)22(4,5)6/h9-13,16-18,20-21,23-24H,14-15H2,1-8H3/t16-,17+,18+,20-,21-/m1/s1. The van der Waals surface area contributed by atoms with Crippen molar-refractivity contribution in [2.24, 2.45) is 11.8 Å². The number of benzene rings is 1. The average Bonchev–Trinajstić information content (AvgIpc) is 2.58. The maximum atomic E-state index is 10.5. The fourth-order valence-electron chi connectivity index (χ4n) is 2.92. The molecule has 0 aliphatic rings. The van der Waals surface area contributed by atoms with Crippen molar-refractivity contribution < 1.29 is 19.4 Å². The number of aliphatic hydroxyl groups is 2. The minimum Gasteiger partial charge on any atom is -0.413 e. The fourth-order valence-corrected chi connectivity index (χ4v) is 4.40. The van der Waals surface area contributed by atoms with Crippen molar-refractivity contribution in [3.63, 3.8) is 0 Å². The zero-order chi connectivity index (χ0) is 20.8. The molecule has 1 aromatic carbocycles. The highest BCUT2D eigenvalue weighted by Crippen LogP contribution is 2.39. The largest absolute Gasteiger partial charge is 0.413 e. The Labute approximate surface area is 167 Å². The number of hydrogen-bond acceptors (Lipinski definition) is 4. The summed E-state index contributed by atoms with van der Waals surface area (Å²) in [4.78, 5) is 0. The molecular formula is C22H40O4Si.